The molecule has 2 amide bonds. The molecule has 1 N–H and O–H groups in total. The molecule has 1 unspecified atom stereocenters. The SMILES string of the molecule is Cc1cccc(CN(C(=O)CN(c2cccc(C)c2C)S(=O)(=O)c2ccccc2)C(C)C(=O)NC2CCCC2)c1. The van der Waals surface area contributed by atoms with Crippen LogP contribution < -0.4 is 9.62 Å². The zero-order chi connectivity index (χ0) is 28.9. The van der Waals surface area contributed by atoms with Gasteiger partial charge in [-0.3, -0.25) is 13.9 Å². The standard InChI is InChI=1S/C32H39N3O4S/c1-23-12-10-14-27(20-23)21-34(26(4)32(37)33-28-15-8-9-16-28)31(36)22-35(30-19-11-13-24(2)25(30)3)40(38,39)29-17-6-5-7-18-29/h5-7,10-14,17-20,26,28H,8-9,15-16,21-22H2,1-4H3,(H,33,37). The fraction of sp³-hybridized carbons (Fsp3) is 0.375. The first-order valence-corrected chi connectivity index (χ1v) is 15.3. The molecule has 0 radical (unpaired) electrons. The van der Waals surface area contributed by atoms with Gasteiger partial charge in [-0.1, -0.05) is 73.0 Å². The van der Waals surface area contributed by atoms with Crippen LogP contribution in [0.5, 0.6) is 0 Å². The molecular weight excluding hydrogens is 522 g/mol. The summed E-state index contributed by atoms with van der Waals surface area (Å²) in [5, 5.41) is 3.10. The maximum atomic E-state index is 14.1. The van der Waals surface area contributed by atoms with Gasteiger partial charge in [0.2, 0.25) is 11.8 Å². The smallest absolute Gasteiger partial charge is 0.264 e. The van der Waals surface area contributed by atoms with Crippen molar-refractivity contribution in [2.75, 3.05) is 10.8 Å². The van der Waals surface area contributed by atoms with E-state index in [-0.39, 0.29) is 23.4 Å². The molecule has 1 atom stereocenters. The minimum atomic E-state index is -4.08. The van der Waals surface area contributed by atoms with Crippen LogP contribution in [-0.4, -0.2) is 43.8 Å². The summed E-state index contributed by atoms with van der Waals surface area (Å²) in [5.41, 5.74) is 4.04. The molecule has 0 aromatic heterocycles. The summed E-state index contributed by atoms with van der Waals surface area (Å²) < 4.78 is 29.1. The minimum absolute atomic E-state index is 0.0981. The number of amides is 2. The topological polar surface area (TPSA) is 86.8 Å². The van der Waals surface area contributed by atoms with Crippen LogP contribution in [0, 0.1) is 20.8 Å². The van der Waals surface area contributed by atoms with E-state index in [2.05, 4.69) is 5.32 Å². The van der Waals surface area contributed by atoms with Gasteiger partial charge in [0, 0.05) is 12.6 Å². The third-order valence-electron chi connectivity index (χ3n) is 7.76. The molecule has 0 bridgehead atoms. The van der Waals surface area contributed by atoms with E-state index in [4.69, 9.17) is 0 Å². The predicted molar refractivity (Wildman–Crippen MR) is 158 cm³/mol. The molecule has 1 saturated carbocycles. The van der Waals surface area contributed by atoms with Gasteiger partial charge in [0.1, 0.15) is 12.6 Å². The fourth-order valence-electron chi connectivity index (χ4n) is 5.22. The zero-order valence-electron chi connectivity index (χ0n) is 23.8. The van der Waals surface area contributed by atoms with E-state index in [0.717, 1.165) is 47.9 Å². The quantitative estimate of drug-likeness (QED) is 0.365. The Kier molecular flexibility index (Phi) is 9.30. The van der Waals surface area contributed by atoms with Crippen LogP contribution >= 0.6 is 0 Å². The molecule has 3 aromatic rings. The Morgan fingerprint density at radius 2 is 1.60 bits per heavy atom. The fourth-order valence-corrected chi connectivity index (χ4v) is 6.71. The summed E-state index contributed by atoms with van der Waals surface area (Å²) in [6.45, 7) is 7.20. The highest BCUT2D eigenvalue weighted by atomic mass is 32.2. The molecule has 212 valence electrons. The van der Waals surface area contributed by atoms with Gasteiger partial charge in [-0.05, 0) is 75.4 Å². The number of sulfonamides is 1. The van der Waals surface area contributed by atoms with Crippen LogP contribution in [0.3, 0.4) is 0 Å². The molecule has 0 heterocycles. The summed E-state index contributed by atoms with van der Waals surface area (Å²) in [7, 11) is -4.08. The van der Waals surface area contributed by atoms with Crippen LogP contribution in [0.1, 0.15) is 54.9 Å². The lowest BCUT2D eigenvalue weighted by atomic mass is 10.1. The van der Waals surface area contributed by atoms with Gasteiger partial charge in [0.25, 0.3) is 10.0 Å². The molecule has 7 nitrogen and oxygen atoms in total. The van der Waals surface area contributed by atoms with Crippen molar-refractivity contribution in [3.05, 3.63) is 95.1 Å². The second-order valence-corrected chi connectivity index (χ2v) is 12.6. The summed E-state index contributed by atoms with van der Waals surface area (Å²) >= 11 is 0. The number of carbonyl (C=O) groups excluding carboxylic acids is 2. The summed E-state index contributed by atoms with van der Waals surface area (Å²) in [6, 6.07) is 20.7. The van der Waals surface area contributed by atoms with Crippen molar-refractivity contribution in [3.63, 3.8) is 0 Å². The number of anilines is 1. The number of carbonyl (C=O) groups is 2. The maximum Gasteiger partial charge on any atom is 0.264 e. The monoisotopic (exact) mass is 561 g/mol. The zero-order valence-corrected chi connectivity index (χ0v) is 24.6. The Labute approximate surface area is 238 Å². The Balaban J connectivity index is 1.71. The molecular formula is C32H39N3O4S. The van der Waals surface area contributed by atoms with Crippen LogP contribution in [0.4, 0.5) is 5.69 Å². The van der Waals surface area contributed by atoms with Crippen molar-refractivity contribution in [3.8, 4) is 0 Å². The second kappa shape index (κ2) is 12.7. The highest BCUT2D eigenvalue weighted by Crippen LogP contribution is 2.29. The third-order valence-corrected chi connectivity index (χ3v) is 9.53. The number of nitrogens with one attached hydrogen (secondary N) is 1. The molecule has 3 aromatic carbocycles. The Hall–Kier alpha value is -3.65. The lowest BCUT2D eigenvalue weighted by Gasteiger charge is -2.33. The van der Waals surface area contributed by atoms with Crippen LogP contribution in [-0.2, 0) is 26.2 Å². The number of aryl methyl sites for hydroxylation is 2. The lowest BCUT2D eigenvalue weighted by Crippen LogP contribution is -2.52. The highest BCUT2D eigenvalue weighted by molar-refractivity contribution is 7.92. The number of hydrogen-bond donors (Lipinski definition) is 1. The first-order valence-electron chi connectivity index (χ1n) is 13.9. The van der Waals surface area contributed by atoms with E-state index in [1.165, 1.54) is 21.3 Å². The molecule has 0 aliphatic heterocycles. The van der Waals surface area contributed by atoms with Crippen molar-refractivity contribution < 1.29 is 18.0 Å². The number of rotatable bonds is 10. The second-order valence-electron chi connectivity index (χ2n) is 10.7. The van der Waals surface area contributed by atoms with Crippen molar-refractivity contribution in [2.45, 2.75) is 76.9 Å². The maximum absolute atomic E-state index is 14.1. The van der Waals surface area contributed by atoms with E-state index in [0.29, 0.717) is 5.69 Å². The molecule has 1 fully saturated rings. The number of benzene rings is 3. The Morgan fingerprint density at radius 3 is 2.27 bits per heavy atom. The average Bonchev–Trinajstić information content (AvgIpc) is 3.45. The summed E-state index contributed by atoms with van der Waals surface area (Å²) in [4.78, 5) is 29.0. The van der Waals surface area contributed by atoms with Crippen molar-refractivity contribution in [1.29, 1.82) is 0 Å². The largest absolute Gasteiger partial charge is 0.352 e. The summed E-state index contributed by atoms with van der Waals surface area (Å²) in [6.07, 6.45) is 4.01. The molecule has 0 saturated heterocycles. The molecule has 1 aliphatic carbocycles. The molecule has 8 heteroatoms. The van der Waals surface area contributed by atoms with Crippen molar-refractivity contribution >= 4 is 27.5 Å². The van der Waals surface area contributed by atoms with E-state index in [9.17, 15) is 18.0 Å². The minimum Gasteiger partial charge on any atom is -0.352 e. The van der Waals surface area contributed by atoms with E-state index in [1.54, 1.807) is 37.3 Å². The van der Waals surface area contributed by atoms with Gasteiger partial charge in [-0.2, -0.15) is 0 Å². The van der Waals surface area contributed by atoms with E-state index < -0.39 is 28.5 Å². The third kappa shape index (κ3) is 6.73. The van der Waals surface area contributed by atoms with Crippen molar-refractivity contribution in [2.24, 2.45) is 0 Å². The van der Waals surface area contributed by atoms with Gasteiger partial charge in [0.05, 0.1) is 10.6 Å². The number of hydrogen-bond acceptors (Lipinski definition) is 4. The normalized spacial score (nSPS) is 14.5. The summed E-state index contributed by atoms with van der Waals surface area (Å²) in [5.74, 6) is -0.673. The van der Waals surface area contributed by atoms with Crippen LogP contribution in [0.15, 0.2) is 77.7 Å². The van der Waals surface area contributed by atoms with Gasteiger partial charge in [0.15, 0.2) is 0 Å². The van der Waals surface area contributed by atoms with Crippen LogP contribution in [0.25, 0.3) is 0 Å². The molecule has 1 aliphatic rings. The Bertz CT molecular complexity index is 1450. The van der Waals surface area contributed by atoms with Gasteiger partial charge < -0.3 is 10.2 Å². The average molecular weight is 562 g/mol. The van der Waals surface area contributed by atoms with E-state index in [1.807, 2.05) is 51.1 Å². The lowest BCUT2D eigenvalue weighted by molar-refractivity contribution is -0.139. The van der Waals surface area contributed by atoms with Crippen LogP contribution in [0.2, 0.25) is 0 Å². The number of nitrogens with zero attached hydrogens (tertiary/aromatic N) is 2. The van der Waals surface area contributed by atoms with Crippen molar-refractivity contribution in [1.82, 2.24) is 10.2 Å². The van der Waals surface area contributed by atoms with E-state index >= 15 is 0 Å². The predicted octanol–water partition coefficient (Wildman–Crippen LogP) is 5.28. The first kappa shape index (κ1) is 29.3. The Morgan fingerprint density at radius 1 is 0.925 bits per heavy atom. The molecule has 40 heavy (non-hydrogen) atoms. The first-order chi connectivity index (χ1) is 19.1. The molecule has 4 rings (SSSR count). The molecule has 0 spiro atoms. The van der Waals surface area contributed by atoms with Gasteiger partial charge in [-0.15, -0.1) is 0 Å². The highest BCUT2D eigenvalue weighted by Gasteiger charge is 2.34. The van der Waals surface area contributed by atoms with Gasteiger partial charge in [-0.25, -0.2) is 8.42 Å². The van der Waals surface area contributed by atoms with Gasteiger partial charge >= 0.3 is 0 Å².